The number of amides is 1. The van der Waals surface area contributed by atoms with E-state index in [4.69, 9.17) is 19.9 Å². The van der Waals surface area contributed by atoms with Gasteiger partial charge in [0.15, 0.2) is 21.3 Å². The number of nitrogens with two attached hydrogens (primary N) is 1. The van der Waals surface area contributed by atoms with Gasteiger partial charge in [-0.15, -0.1) is 24.8 Å². The molecule has 0 bridgehead atoms. The van der Waals surface area contributed by atoms with Gasteiger partial charge in [0, 0.05) is 58.3 Å². The van der Waals surface area contributed by atoms with Crippen LogP contribution in [0, 0.1) is 17.8 Å². The molecule has 0 aromatic heterocycles. The van der Waals surface area contributed by atoms with Crippen LogP contribution in [0.1, 0.15) is 45.6 Å². The molecule has 1 heterocycles. The minimum atomic E-state index is -2.92. The highest BCUT2D eigenvalue weighted by atomic mass is 35.5. The van der Waals surface area contributed by atoms with Crippen molar-refractivity contribution in [2.45, 2.75) is 58.6 Å². The number of aliphatic hydroxyl groups excluding tert-OH is 1. The average molecular weight is 659 g/mol. The van der Waals surface area contributed by atoms with Crippen LogP contribution in [-0.4, -0.2) is 102 Å². The second-order valence-electron chi connectivity index (χ2n) is 11.3. The van der Waals surface area contributed by atoms with Gasteiger partial charge in [-0.2, -0.15) is 0 Å². The van der Waals surface area contributed by atoms with Gasteiger partial charge in [-0.1, -0.05) is 26.8 Å². The molecule has 10 nitrogen and oxygen atoms in total. The third kappa shape index (κ3) is 14.4. The second kappa shape index (κ2) is 20.6. The standard InChI is InChI=1S/C29H51N3O7S.2ClH/c1-21(2)24(18-23-7-8-27(38-5)28(19-23)39-14-6-13-37-4)20-25(30)26(33)17-22(3)29(34)31-9-10-32-11-15-40(35,36)16-12-32;;/h7-8,19,21-22,24-26,33H,6,9-18,20,30H2,1-5H3,(H,31,34);2*1H. The van der Waals surface area contributed by atoms with E-state index in [1.807, 2.05) is 23.1 Å². The highest BCUT2D eigenvalue weighted by molar-refractivity contribution is 7.91. The summed E-state index contributed by atoms with van der Waals surface area (Å²) in [5.41, 5.74) is 7.57. The van der Waals surface area contributed by atoms with Crippen molar-refractivity contribution in [2.24, 2.45) is 23.5 Å². The first-order chi connectivity index (χ1) is 19.0. The lowest BCUT2D eigenvalue weighted by atomic mass is 9.82. The molecule has 0 aliphatic carbocycles. The number of sulfone groups is 1. The monoisotopic (exact) mass is 657 g/mol. The van der Waals surface area contributed by atoms with Gasteiger partial charge in [0.05, 0.1) is 31.3 Å². The molecule has 13 heteroatoms. The number of hydrogen-bond donors (Lipinski definition) is 3. The molecule has 1 aliphatic rings. The quantitative estimate of drug-likeness (QED) is 0.203. The molecule has 0 radical (unpaired) electrons. The predicted molar refractivity (Wildman–Crippen MR) is 172 cm³/mol. The van der Waals surface area contributed by atoms with Crippen LogP contribution >= 0.6 is 24.8 Å². The summed E-state index contributed by atoms with van der Waals surface area (Å²) in [4.78, 5) is 14.7. The molecule has 1 aliphatic heterocycles. The molecule has 42 heavy (non-hydrogen) atoms. The Morgan fingerprint density at radius 3 is 2.33 bits per heavy atom. The van der Waals surface area contributed by atoms with Crippen LogP contribution in [0.3, 0.4) is 0 Å². The Balaban J connectivity index is 0.00000840. The van der Waals surface area contributed by atoms with Gasteiger partial charge in [0.25, 0.3) is 0 Å². The van der Waals surface area contributed by atoms with Gasteiger partial charge in [-0.05, 0) is 48.8 Å². The number of nitrogens with one attached hydrogen (secondary N) is 1. The molecule has 1 saturated heterocycles. The van der Waals surface area contributed by atoms with E-state index in [-0.39, 0.29) is 60.5 Å². The van der Waals surface area contributed by atoms with E-state index in [0.29, 0.717) is 63.2 Å². The molecule has 0 saturated carbocycles. The first-order valence-electron chi connectivity index (χ1n) is 14.4. The predicted octanol–water partition coefficient (Wildman–Crippen LogP) is 2.72. The maximum absolute atomic E-state index is 12.6. The number of rotatable bonds is 18. The highest BCUT2D eigenvalue weighted by Gasteiger charge is 2.27. The van der Waals surface area contributed by atoms with Crippen LogP contribution < -0.4 is 20.5 Å². The lowest BCUT2D eigenvalue weighted by Crippen LogP contribution is -2.45. The molecule has 4 atom stereocenters. The first kappa shape index (κ1) is 40.7. The van der Waals surface area contributed by atoms with Crippen LogP contribution in [0.4, 0.5) is 0 Å². The fraction of sp³-hybridized carbons (Fsp3) is 0.759. The largest absolute Gasteiger partial charge is 0.493 e. The molecule has 4 unspecified atom stereocenters. The normalized spacial score (nSPS) is 17.7. The topological polar surface area (TPSA) is 140 Å². The summed E-state index contributed by atoms with van der Waals surface area (Å²) in [5.74, 6) is 1.78. The minimum absolute atomic E-state index is 0. The molecular weight excluding hydrogens is 605 g/mol. The Labute approximate surface area is 265 Å². The third-order valence-electron chi connectivity index (χ3n) is 7.70. The van der Waals surface area contributed by atoms with Gasteiger partial charge >= 0.3 is 0 Å². The Bertz CT molecular complexity index is 1000. The average Bonchev–Trinajstić information content (AvgIpc) is 2.91. The Hall–Kier alpha value is -1.34. The summed E-state index contributed by atoms with van der Waals surface area (Å²) in [6.45, 7) is 9.32. The van der Waals surface area contributed by atoms with E-state index in [0.717, 1.165) is 18.4 Å². The van der Waals surface area contributed by atoms with E-state index < -0.39 is 22.0 Å². The van der Waals surface area contributed by atoms with Crippen molar-refractivity contribution < 1.29 is 32.5 Å². The number of benzene rings is 1. The van der Waals surface area contributed by atoms with Crippen LogP contribution in [0.15, 0.2) is 18.2 Å². The maximum atomic E-state index is 12.6. The van der Waals surface area contributed by atoms with Gasteiger partial charge in [-0.3, -0.25) is 9.69 Å². The molecule has 246 valence electrons. The highest BCUT2D eigenvalue weighted by Crippen LogP contribution is 2.31. The van der Waals surface area contributed by atoms with Gasteiger partial charge in [0.2, 0.25) is 5.91 Å². The number of halogens is 2. The molecule has 4 N–H and O–H groups in total. The van der Waals surface area contributed by atoms with Crippen molar-refractivity contribution in [2.75, 3.05) is 65.1 Å². The molecule has 1 aromatic rings. The van der Waals surface area contributed by atoms with E-state index >= 15 is 0 Å². The minimum Gasteiger partial charge on any atom is -0.493 e. The number of carbonyl (C=O) groups is 1. The molecule has 1 fully saturated rings. The van der Waals surface area contributed by atoms with Gasteiger partial charge in [-0.25, -0.2) is 8.42 Å². The number of carbonyl (C=O) groups excluding carboxylic acids is 1. The van der Waals surface area contributed by atoms with E-state index in [1.54, 1.807) is 21.1 Å². The Morgan fingerprint density at radius 2 is 1.74 bits per heavy atom. The summed E-state index contributed by atoms with van der Waals surface area (Å²) in [5, 5.41) is 13.8. The van der Waals surface area contributed by atoms with Crippen LogP contribution in [0.2, 0.25) is 0 Å². The van der Waals surface area contributed by atoms with Crippen molar-refractivity contribution in [3.8, 4) is 11.5 Å². The van der Waals surface area contributed by atoms with Crippen molar-refractivity contribution in [3.05, 3.63) is 23.8 Å². The summed E-state index contributed by atoms with van der Waals surface area (Å²) in [6.07, 6.45) is 1.67. The molecule has 1 amide bonds. The number of ether oxygens (including phenoxy) is 3. The lowest BCUT2D eigenvalue weighted by Gasteiger charge is -2.29. The smallest absolute Gasteiger partial charge is 0.222 e. The van der Waals surface area contributed by atoms with Crippen LogP contribution in [0.25, 0.3) is 0 Å². The SMILES string of the molecule is COCCCOc1cc(CC(CC(N)C(O)CC(C)C(=O)NCCN2CCS(=O)(=O)CC2)C(C)C)ccc1OC.Cl.Cl. The van der Waals surface area contributed by atoms with Gasteiger partial charge in [0.1, 0.15) is 0 Å². The number of nitrogens with zero attached hydrogens (tertiary/aromatic N) is 1. The van der Waals surface area contributed by atoms with E-state index in [9.17, 15) is 18.3 Å². The van der Waals surface area contributed by atoms with Crippen LogP contribution in [-0.2, 0) is 25.8 Å². The first-order valence-corrected chi connectivity index (χ1v) is 16.2. The fourth-order valence-corrected chi connectivity index (χ4v) is 6.15. The Morgan fingerprint density at radius 1 is 1.07 bits per heavy atom. The second-order valence-corrected chi connectivity index (χ2v) is 13.6. The van der Waals surface area contributed by atoms with E-state index in [2.05, 4.69) is 19.2 Å². The number of hydrogen-bond acceptors (Lipinski definition) is 9. The maximum Gasteiger partial charge on any atom is 0.222 e. The number of aliphatic hydroxyl groups is 1. The van der Waals surface area contributed by atoms with Crippen molar-refractivity contribution in [3.63, 3.8) is 0 Å². The van der Waals surface area contributed by atoms with Crippen molar-refractivity contribution >= 4 is 40.6 Å². The summed E-state index contributed by atoms with van der Waals surface area (Å²) < 4.78 is 39.6. The Kier molecular flexibility index (Phi) is 19.9. The molecular formula is C29H53Cl2N3O7S. The molecule has 2 rings (SSSR count). The zero-order valence-electron chi connectivity index (χ0n) is 25.8. The lowest BCUT2D eigenvalue weighted by molar-refractivity contribution is -0.125. The third-order valence-corrected chi connectivity index (χ3v) is 9.30. The molecule has 1 aromatic carbocycles. The van der Waals surface area contributed by atoms with Crippen molar-refractivity contribution in [1.82, 2.24) is 10.2 Å². The zero-order valence-corrected chi connectivity index (χ0v) is 28.2. The summed E-state index contributed by atoms with van der Waals surface area (Å²) in [6, 6.07) is 5.51. The number of methoxy groups -OCH3 is 2. The summed E-state index contributed by atoms with van der Waals surface area (Å²) >= 11 is 0. The fourth-order valence-electron chi connectivity index (χ4n) is 4.88. The van der Waals surface area contributed by atoms with Crippen LogP contribution in [0.5, 0.6) is 11.5 Å². The van der Waals surface area contributed by atoms with Crippen molar-refractivity contribution in [1.29, 1.82) is 0 Å². The summed E-state index contributed by atoms with van der Waals surface area (Å²) in [7, 11) is 0.373. The van der Waals surface area contributed by atoms with Gasteiger partial charge < -0.3 is 30.4 Å². The zero-order chi connectivity index (χ0) is 29.7. The molecule has 0 spiro atoms. The van der Waals surface area contributed by atoms with E-state index in [1.165, 1.54) is 0 Å².